The predicted molar refractivity (Wildman–Crippen MR) is 78.7 cm³/mol. The minimum atomic E-state index is -0.156. The van der Waals surface area contributed by atoms with E-state index in [-0.39, 0.29) is 18.1 Å². The van der Waals surface area contributed by atoms with Gasteiger partial charge >= 0.3 is 0 Å². The van der Waals surface area contributed by atoms with E-state index in [2.05, 4.69) is 10.1 Å². The summed E-state index contributed by atoms with van der Waals surface area (Å²) in [6.45, 7) is 4.99. The summed E-state index contributed by atoms with van der Waals surface area (Å²) in [6, 6.07) is 1.74. The maximum absolute atomic E-state index is 12.6. The summed E-state index contributed by atoms with van der Waals surface area (Å²) in [7, 11) is 0. The molecule has 2 aromatic rings. The molecule has 0 radical (unpaired) electrons. The highest BCUT2D eigenvalue weighted by atomic mass is 16.5. The number of furan rings is 1. The molecule has 2 fully saturated rings. The molecule has 0 saturated carbocycles. The maximum atomic E-state index is 12.6. The average Bonchev–Trinajstić information content (AvgIpc) is 3.24. The second-order valence-corrected chi connectivity index (χ2v) is 6.27. The Balaban J connectivity index is 1.45. The van der Waals surface area contributed by atoms with Crippen LogP contribution in [0.15, 0.2) is 21.3 Å². The Morgan fingerprint density at radius 1 is 1.39 bits per heavy atom. The van der Waals surface area contributed by atoms with Gasteiger partial charge in [0.25, 0.3) is 11.8 Å². The van der Waals surface area contributed by atoms with E-state index in [1.54, 1.807) is 19.3 Å². The van der Waals surface area contributed by atoms with Gasteiger partial charge < -0.3 is 18.6 Å². The first-order chi connectivity index (χ1) is 11.1. The summed E-state index contributed by atoms with van der Waals surface area (Å²) >= 11 is 0. The van der Waals surface area contributed by atoms with Crippen LogP contribution in [0.1, 0.15) is 46.8 Å². The van der Waals surface area contributed by atoms with Crippen molar-refractivity contribution in [3.05, 3.63) is 35.4 Å². The Morgan fingerprint density at radius 2 is 2.26 bits per heavy atom. The van der Waals surface area contributed by atoms with E-state index >= 15 is 0 Å². The topological polar surface area (TPSA) is 81.6 Å². The number of rotatable bonds is 2. The summed E-state index contributed by atoms with van der Waals surface area (Å²) in [6.07, 6.45) is 3.19. The van der Waals surface area contributed by atoms with Crippen LogP contribution in [0.5, 0.6) is 0 Å². The predicted octanol–water partition coefficient (Wildman–Crippen LogP) is 2.27. The van der Waals surface area contributed by atoms with Crippen LogP contribution >= 0.6 is 0 Å². The SMILES string of the molecule is Cc1noc([C@H]2C[C@H]3CN(C(=O)c4ccoc4C)CC[C@H]3O2)n1. The molecular formula is C16H19N3O4. The first-order valence-corrected chi connectivity index (χ1v) is 7.91. The highest BCUT2D eigenvalue weighted by Gasteiger charge is 2.42. The van der Waals surface area contributed by atoms with Crippen LogP contribution < -0.4 is 0 Å². The van der Waals surface area contributed by atoms with Crippen LogP contribution in [0, 0.1) is 19.8 Å². The molecule has 2 aromatic heterocycles. The van der Waals surface area contributed by atoms with Crippen LogP contribution in [0.3, 0.4) is 0 Å². The van der Waals surface area contributed by atoms with Crippen molar-refractivity contribution in [2.75, 3.05) is 13.1 Å². The number of amides is 1. The Morgan fingerprint density at radius 3 is 2.96 bits per heavy atom. The van der Waals surface area contributed by atoms with E-state index in [1.807, 2.05) is 11.8 Å². The molecule has 0 aromatic carbocycles. The van der Waals surface area contributed by atoms with Gasteiger partial charge in [0.2, 0.25) is 0 Å². The maximum Gasteiger partial charge on any atom is 0.257 e. The number of piperidine rings is 1. The molecule has 4 heterocycles. The number of carbonyl (C=O) groups excluding carboxylic acids is 1. The summed E-state index contributed by atoms with van der Waals surface area (Å²) < 4.78 is 16.5. The van der Waals surface area contributed by atoms with Crippen molar-refractivity contribution in [1.29, 1.82) is 0 Å². The lowest BCUT2D eigenvalue weighted by molar-refractivity contribution is -0.00779. The summed E-state index contributed by atoms with van der Waals surface area (Å²) in [5.41, 5.74) is 0.645. The molecule has 1 amide bonds. The smallest absolute Gasteiger partial charge is 0.257 e. The second kappa shape index (κ2) is 5.49. The first kappa shape index (κ1) is 14.4. The van der Waals surface area contributed by atoms with Crippen molar-refractivity contribution >= 4 is 5.91 Å². The zero-order valence-electron chi connectivity index (χ0n) is 13.2. The molecule has 2 aliphatic rings. The molecule has 23 heavy (non-hydrogen) atoms. The van der Waals surface area contributed by atoms with Gasteiger partial charge in [-0.1, -0.05) is 5.16 Å². The van der Waals surface area contributed by atoms with E-state index in [9.17, 15) is 4.79 Å². The number of ether oxygens (including phenoxy) is 1. The molecule has 0 aliphatic carbocycles. The van der Waals surface area contributed by atoms with Crippen LogP contribution in [0.2, 0.25) is 0 Å². The highest BCUT2D eigenvalue weighted by Crippen LogP contribution is 2.40. The zero-order valence-corrected chi connectivity index (χ0v) is 13.2. The van der Waals surface area contributed by atoms with Crippen LogP contribution in [-0.4, -0.2) is 40.1 Å². The lowest BCUT2D eigenvalue weighted by Crippen LogP contribution is -2.44. The van der Waals surface area contributed by atoms with Gasteiger partial charge in [-0.2, -0.15) is 4.98 Å². The standard InChI is InChI=1S/C16H19N3O4/c1-9-12(4-6-21-9)16(20)19-5-3-13-11(8-19)7-14(22-13)15-17-10(2)18-23-15/h4,6,11,13-14H,3,5,7-8H2,1-2H3/t11-,13+,14+/m0/s1. The van der Waals surface area contributed by atoms with Gasteiger partial charge in [-0.25, -0.2) is 0 Å². The van der Waals surface area contributed by atoms with Gasteiger partial charge in [0.15, 0.2) is 5.82 Å². The van der Waals surface area contributed by atoms with E-state index in [0.717, 1.165) is 12.8 Å². The minimum absolute atomic E-state index is 0.0341. The van der Waals surface area contributed by atoms with Crippen molar-refractivity contribution in [3.8, 4) is 0 Å². The van der Waals surface area contributed by atoms with E-state index in [0.29, 0.717) is 42.0 Å². The molecule has 3 atom stereocenters. The molecule has 2 aliphatic heterocycles. The molecule has 0 unspecified atom stereocenters. The van der Waals surface area contributed by atoms with Crippen molar-refractivity contribution in [2.24, 2.45) is 5.92 Å². The molecule has 0 N–H and O–H groups in total. The van der Waals surface area contributed by atoms with Gasteiger partial charge in [-0.15, -0.1) is 0 Å². The van der Waals surface area contributed by atoms with Crippen molar-refractivity contribution < 1.29 is 18.5 Å². The fourth-order valence-electron chi connectivity index (χ4n) is 3.52. The normalized spacial score (nSPS) is 27.2. The molecule has 7 heteroatoms. The van der Waals surface area contributed by atoms with Gasteiger partial charge in [0.1, 0.15) is 11.9 Å². The number of nitrogens with zero attached hydrogens (tertiary/aromatic N) is 3. The van der Waals surface area contributed by atoms with Gasteiger partial charge in [0.05, 0.1) is 17.9 Å². The van der Waals surface area contributed by atoms with Crippen LogP contribution in [-0.2, 0) is 4.74 Å². The number of hydrogen-bond donors (Lipinski definition) is 0. The highest BCUT2D eigenvalue weighted by molar-refractivity contribution is 5.95. The Hall–Kier alpha value is -2.15. The van der Waals surface area contributed by atoms with Crippen LogP contribution in [0.4, 0.5) is 0 Å². The van der Waals surface area contributed by atoms with Crippen LogP contribution in [0.25, 0.3) is 0 Å². The minimum Gasteiger partial charge on any atom is -0.469 e. The third kappa shape index (κ3) is 2.55. The van der Waals surface area contributed by atoms with Crippen molar-refractivity contribution in [1.82, 2.24) is 15.0 Å². The molecular weight excluding hydrogens is 298 g/mol. The Bertz CT molecular complexity index is 722. The largest absolute Gasteiger partial charge is 0.469 e. The number of carbonyl (C=O) groups is 1. The third-order valence-electron chi connectivity index (χ3n) is 4.72. The third-order valence-corrected chi connectivity index (χ3v) is 4.72. The monoisotopic (exact) mass is 317 g/mol. The van der Waals surface area contributed by atoms with Crippen molar-refractivity contribution in [2.45, 2.75) is 38.9 Å². The molecule has 2 saturated heterocycles. The van der Waals surface area contributed by atoms with Gasteiger partial charge in [-0.3, -0.25) is 4.79 Å². The van der Waals surface area contributed by atoms with Gasteiger partial charge in [-0.05, 0) is 32.8 Å². The van der Waals surface area contributed by atoms with Gasteiger partial charge in [0, 0.05) is 19.0 Å². The van der Waals surface area contributed by atoms with Crippen molar-refractivity contribution in [3.63, 3.8) is 0 Å². The molecule has 0 bridgehead atoms. The number of hydrogen-bond acceptors (Lipinski definition) is 6. The number of aryl methyl sites for hydroxylation is 2. The first-order valence-electron chi connectivity index (χ1n) is 7.91. The number of likely N-dealkylation sites (tertiary alicyclic amines) is 1. The van der Waals surface area contributed by atoms with E-state index < -0.39 is 0 Å². The molecule has 122 valence electrons. The fraction of sp³-hybridized carbons (Fsp3) is 0.562. The van der Waals surface area contributed by atoms with E-state index in [4.69, 9.17) is 13.7 Å². The molecule has 7 nitrogen and oxygen atoms in total. The lowest BCUT2D eigenvalue weighted by Gasteiger charge is -2.33. The lowest BCUT2D eigenvalue weighted by atomic mass is 9.92. The summed E-state index contributed by atoms with van der Waals surface area (Å²) in [4.78, 5) is 18.8. The fourth-order valence-corrected chi connectivity index (χ4v) is 3.52. The summed E-state index contributed by atoms with van der Waals surface area (Å²) in [5, 5.41) is 3.82. The molecule has 4 rings (SSSR count). The number of fused-ring (bicyclic) bond motifs is 1. The second-order valence-electron chi connectivity index (χ2n) is 6.27. The quantitative estimate of drug-likeness (QED) is 0.845. The molecule has 0 spiro atoms. The average molecular weight is 317 g/mol. The Kier molecular flexibility index (Phi) is 3.45. The number of aromatic nitrogens is 2. The Labute approximate surface area is 133 Å². The van der Waals surface area contributed by atoms with E-state index in [1.165, 1.54) is 0 Å². The zero-order chi connectivity index (χ0) is 16.0. The summed E-state index contributed by atoms with van der Waals surface area (Å²) in [5.74, 6) is 2.16.